The highest BCUT2D eigenvalue weighted by Gasteiger charge is 2.28. The molecule has 0 aliphatic carbocycles. The van der Waals surface area contributed by atoms with E-state index in [0.717, 1.165) is 0 Å². The molecule has 0 saturated carbocycles. The maximum absolute atomic E-state index is 12.6. The van der Waals surface area contributed by atoms with Crippen LogP contribution in [0, 0.1) is 0 Å². The van der Waals surface area contributed by atoms with E-state index in [4.69, 9.17) is 15.2 Å². The SMILES string of the molecule is CCOc1ccccc1C(=O)N1CCOC(C(C)N)C1. The summed E-state index contributed by atoms with van der Waals surface area (Å²) in [6.07, 6.45) is -0.105. The van der Waals surface area contributed by atoms with Gasteiger partial charge in [-0.15, -0.1) is 0 Å². The summed E-state index contributed by atoms with van der Waals surface area (Å²) in [6.45, 7) is 5.97. The molecule has 5 nitrogen and oxygen atoms in total. The van der Waals surface area contributed by atoms with Gasteiger partial charge in [-0.25, -0.2) is 0 Å². The van der Waals surface area contributed by atoms with Crippen molar-refractivity contribution in [2.75, 3.05) is 26.3 Å². The lowest BCUT2D eigenvalue weighted by Gasteiger charge is -2.35. The standard InChI is InChI=1S/C15H22N2O3/c1-3-19-13-7-5-4-6-12(13)15(18)17-8-9-20-14(10-17)11(2)16/h4-7,11,14H,3,8-10,16H2,1-2H3. The second kappa shape index (κ2) is 6.72. The highest BCUT2D eigenvalue weighted by Crippen LogP contribution is 2.21. The molecule has 20 heavy (non-hydrogen) atoms. The third kappa shape index (κ3) is 3.29. The van der Waals surface area contributed by atoms with Gasteiger partial charge in [0, 0.05) is 19.1 Å². The van der Waals surface area contributed by atoms with Crippen LogP contribution in [0.3, 0.4) is 0 Å². The molecular formula is C15H22N2O3. The van der Waals surface area contributed by atoms with E-state index in [1.54, 1.807) is 11.0 Å². The minimum absolute atomic E-state index is 0.0250. The van der Waals surface area contributed by atoms with Crippen LogP contribution in [0.1, 0.15) is 24.2 Å². The molecular weight excluding hydrogens is 256 g/mol. The molecule has 2 unspecified atom stereocenters. The monoisotopic (exact) mass is 278 g/mol. The number of hydrogen-bond acceptors (Lipinski definition) is 4. The van der Waals surface area contributed by atoms with Crippen LogP contribution >= 0.6 is 0 Å². The van der Waals surface area contributed by atoms with Crippen molar-refractivity contribution in [2.24, 2.45) is 5.73 Å². The number of para-hydroxylation sites is 1. The Labute approximate surface area is 119 Å². The van der Waals surface area contributed by atoms with Crippen molar-refractivity contribution in [1.29, 1.82) is 0 Å². The summed E-state index contributed by atoms with van der Waals surface area (Å²) in [5, 5.41) is 0. The van der Waals surface area contributed by atoms with Gasteiger partial charge in [0.2, 0.25) is 0 Å². The van der Waals surface area contributed by atoms with Gasteiger partial charge in [-0.3, -0.25) is 4.79 Å². The van der Waals surface area contributed by atoms with Gasteiger partial charge >= 0.3 is 0 Å². The van der Waals surface area contributed by atoms with Crippen LogP contribution in [0.15, 0.2) is 24.3 Å². The molecule has 5 heteroatoms. The Balaban J connectivity index is 2.14. The van der Waals surface area contributed by atoms with Gasteiger partial charge in [0.25, 0.3) is 5.91 Å². The van der Waals surface area contributed by atoms with Crippen molar-refractivity contribution in [1.82, 2.24) is 4.90 Å². The zero-order valence-electron chi connectivity index (χ0n) is 12.0. The number of ether oxygens (including phenoxy) is 2. The third-order valence-electron chi connectivity index (χ3n) is 3.38. The number of morpholine rings is 1. The van der Waals surface area contributed by atoms with Gasteiger partial charge in [-0.05, 0) is 26.0 Å². The summed E-state index contributed by atoms with van der Waals surface area (Å²) in [6, 6.07) is 7.24. The topological polar surface area (TPSA) is 64.8 Å². The highest BCUT2D eigenvalue weighted by atomic mass is 16.5. The Hall–Kier alpha value is -1.59. The summed E-state index contributed by atoms with van der Waals surface area (Å²) in [4.78, 5) is 14.4. The van der Waals surface area contributed by atoms with Crippen LogP contribution < -0.4 is 10.5 Å². The van der Waals surface area contributed by atoms with Crippen molar-refractivity contribution >= 4 is 5.91 Å². The smallest absolute Gasteiger partial charge is 0.257 e. The maximum atomic E-state index is 12.6. The number of rotatable bonds is 4. The van der Waals surface area contributed by atoms with E-state index in [-0.39, 0.29) is 18.1 Å². The van der Waals surface area contributed by atoms with E-state index in [0.29, 0.717) is 37.6 Å². The Morgan fingerprint density at radius 2 is 2.30 bits per heavy atom. The van der Waals surface area contributed by atoms with E-state index >= 15 is 0 Å². The second-order valence-electron chi connectivity index (χ2n) is 4.95. The van der Waals surface area contributed by atoms with E-state index in [2.05, 4.69) is 0 Å². The second-order valence-corrected chi connectivity index (χ2v) is 4.95. The normalized spacial score (nSPS) is 20.6. The quantitative estimate of drug-likeness (QED) is 0.901. The molecule has 2 rings (SSSR count). The lowest BCUT2D eigenvalue weighted by molar-refractivity contribution is -0.0300. The van der Waals surface area contributed by atoms with Crippen molar-refractivity contribution < 1.29 is 14.3 Å². The molecule has 0 bridgehead atoms. The first kappa shape index (κ1) is 14.8. The van der Waals surface area contributed by atoms with Gasteiger partial charge < -0.3 is 20.1 Å². The van der Waals surface area contributed by atoms with Crippen LogP contribution in [0.5, 0.6) is 5.75 Å². The van der Waals surface area contributed by atoms with Crippen LogP contribution in [-0.4, -0.2) is 49.3 Å². The average Bonchev–Trinajstić information content (AvgIpc) is 2.47. The fraction of sp³-hybridized carbons (Fsp3) is 0.533. The average molecular weight is 278 g/mol. The molecule has 0 aromatic heterocycles. The molecule has 1 aliphatic heterocycles. The molecule has 2 atom stereocenters. The molecule has 1 heterocycles. The summed E-state index contributed by atoms with van der Waals surface area (Å²) in [5.74, 6) is 0.604. The first-order chi connectivity index (χ1) is 9.63. The Bertz CT molecular complexity index is 462. The zero-order valence-corrected chi connectivity index (χ0v) is 12.0. The number of hydrogen-bond donors (Lipinski definition) is 1. The van der Waals surface area contributed by atoms with Crippen LogP contribution in [0.4, 0.5) is 0 Å². The van der Waals surface area contributed by atoms with E-state index in [1.165, 1.54) is 0 Å². The van der Waals surface area contributed by atoms with Gasteiger partial charge in [0.1, 0.15) is 5.75 Å². The number of nitrogens with zero attached hydrogens (tertiary/aromatic N) is 1. The van der Waals surface area contributed by atoms with Gasteiger partial charge in [0.15, 0.2) is 0 Å². The summed E-state index contributed by atoms with van der Waals surface area (Å²) < 4.78 is 11.1. The lowest BCUT2D eigenvalue weighted by atomic mass is 10.1. The molecule has 1 aromatic carbocycles. The summed E-state index contributed by atoms with van der Waals surface area (Å²) >= 11 is 0. The molecule has 2 N–H and O–H groups in total. The zero-order chi connectivity index (χ0) is 14.5. The molecule has 110 valence electrons. The molecule has 1 aliphatic rings. The molecule has 1 amide bonds. The van der Waals surface area contributed by atoms with Crippen LogP contribution in [-0.2, 0) is 4.74 Å². The largest absolute Gasteiger partial charge is 0.493 e. The molecule has 1 fully saturated rings. The molecule has 0 spiro atoms. The van der Waals surface area contributed by atoms with E-state index in [9.17, 15) is 4.79 Å². The summed E-state index contributed by atoms with van der Waals surface area (Å²) in [7, 11) is 0. The van der Waals surface area contributed by atoms with Gasteiger partial charge in [-0.2, -0.15) is 0 Å². The Morgan fingerprint density at radius 1 is 1.55 bits per heavy atom. The number of carbonyl (C=O) groups is 1. The van der Waals surface area contributed by atoms with E-state index < -0.39 is 0 Å². The predicted octanol–water partition coefficient (Wildman–Crippen LogP) is 1.27. The maximum Gasteiger partial charge on any atom is 0.257 e. The predicted molar refractivity (Wildman–Crippen MR) is 76.9 cm³/mol. The highest BCUT2D eigenvalue weighted by molar-refractivity contribution is 5.97. The van der Waals surface area contributed by atoms with Crippen molar-refractivity contribution in [2.45, 2.75) is 26.0 Å². The number of carbonyl (C=O) groups excluding carboxylic acids is 1. The van der Waals surface area contributed by atoms with Crippen LogP contribution in [0.2, 0.25) is 0 Å². The van der Waals surface area contributed by atoms with Crippen molar-refractivity contribution in [3.05, 3.63) is 29.8 Å². The van der Waals surface area contributed by atoms with Crippen LogP contribution in [0.25, 0.3) is 0 Å². The van der Waals surface area contributed by atoms with Gasteiger partial charge in [0.05, 0.1) is 24.9 Å². The first-order valence-corrected chi connectivity index (χ1v) is 7.01. The Morgan fingerprint density at radius 3 is 3.00 bits per heavy atom. The summed E-state index contributed by atoms with van der Waals surface area (Å²) in [5.41, 5.74) is 6.46. The third-order valence-corrected chi connectivity index (χ3v) is 3.38. The molecule has 0 radical (unpaired) electrons. The van der Waals surface area contributed by atoms with E-state index in [1.807, 2.05) is 32.0 Å². The first-order valence-electron chi connectivity index (χ1n) is 7.01. The number of nitrogens with two attached hydrogens (primary N) is 1. The van der Waals surface area contributed by atoms with Crippen molar-refractivity contribution in [3.8, 4) is 5.75 Å². The number of benzene rings is 1. The Kier molecular flexibility index (Phi) is 4.98. The fourth-order valence-corrected chi connectivity index (χ4v) is 2.27. The number of amides is 1. The fourth-order valence-electron chi connectivity index (χ4n) is 2.27. The molecule has 1 aromatic rings. The molecule has 1 saturated heterocycles. The van der Waals surface area contributed by atoms with Gasteiger partial charge in [-0.1, -0.05) is 12.1 Å². The van der Waals surface area contributed by atoms with Crippen molar-refractivity contribution in [3.63, 3.8) is 0 Å². The minimum Gasteiger partial charge on any atom is -0.493 e. The minimum atomic E-state index is -0.105. The lowest BCUT2D eigenvalue weighted by Crippen LogP contribution is -2.51.